The number of piperidine rings is 2. The normalized spacial score (nSPS) is 18.1. The van der Waals surface area contributed by atoms with E-state index in [-0.39, 0.29) is 17.7 Å². The second-order valence-electron chi connectivity index (χ2n) is 8.62. The fourth-order valence-corrected chi connectivity index (χ4v) is 5.35. The number of hydrogen-bond donors (Lipinski definition) is 1. The van der Waals surface area contributed by atoms with Crippen molar-refractivity contribution < 1.29 is 9.59 Å². The number of carbonyl (C=O) groups excluding carboxylic acids is 2. The van der Waals surface area contributed by atoms with Gasteiger partial charge in [0.15, 0.2) is 0 Å². The Bertz CT molecular complexity index is 698. The van der Waals surface area contributed by atoms with Crippen molar-refractivity contribution in [3.63, 3.8) is 0 Å². The van der Waals surface area contributed by atoms with Crippen molar-refractivity contribution in [2.24, 2.45) is 5.92 Å². The Morgan fingerprint density at radius 2 is 1.77 bits per heavy atom. The van der Waals surface area contributed by atoms with Gasteiger partial charge in [0, 0.05) is 38.5 Å². The first kappa shape index (κ1) is 23.9. The molecule has 2 aliphatic heterocycles. The zero-order chi connectivity index (χ0) is 22.1. The minimum atomic E-state index is 0.0784. The van der Waals surface area contributed by atoms with Crippen LogP contribution in [-0.2, 0) is 9.59 Å². The number of amides is 2. The monoisotopic (exact) mass is 450 g/mol. The number of nitrogens with one attached hydrogen (secondary N) is 1. The molecule has 0 bridgehead atoms. The Morgan fingerprint density at radius 3 is 2.45 bits per heavy atom. The molecule has 2 aliphatic rings. The van der Waals surface area contributed by atoms with Gasteiger partial charge < -0.3 is 15.1 Å². The van der Waals surface area contributed by atoms with Crippen molar-refractivity contribution in [3.05, 3.63) is 0 Å². The third-order valence-corrected chi connectivity index (χ3v) is 7.13. The van der Waals surface area contributed by atoms with Crippen LogP contribution in [-0.4, -0.2) is 72.7 Å². The topological polar surface area (TPSA) is 81.7 Å². The van der Waals surface area contributed by atoms with E-state index in [0.717, 1.165) is 83.0 Å². The largest absolute Gasteiger partial charge is 0.356 e. The van der Waals surface area contributed by atoms with Crippen LogP contribution in [0.15, 0.2) is 0 Å². The van der Waals surface area contributed by atoms with Gasteiger partial charge in [-0.25, -0.2) is 0 Å². The Morgan fingerprint density at radius 1 is 1.06 bits per heavy atom. The lowest BCUT2D eigenvalue weighted by molar-refractivity contribution is -0.125. The first-order chi connectivity index (χ1) is 15.1. The van der Waals surface area contributed by atoms with Gasteiger partial charge in [0.1, 0.15) is 0 Å². The molecule has 2 amide bonds. The molecule has 0 aromatic carbocycles. The van der Waals surface area contributed by atoms with Gasteiger partial charge in [-0.05, 0) is 64.6 Å². The highest BCUT2D eigenvalue weighted by Gasteiger charge is 2.28. The summed E-state index contributed by atoms with van der Waals surface area (Å²) in [7, 11) is 0. The predicted octanol–water partition coefficient (Wildman–Crippen LogP) is 2.90. The third kappa shape index (κ3) is 6.87. The van der Waals surface area contributed by atoms with Gasteiger partial charge in [-0.15, -0.1) is 10.2 Å². The Labute approximate surface area is 190 Å². The lowest BCUT2D eigenvalue weighted by atomic mass is 9.96. The number of hydrogen-bond acceptors (Lipinski definition) is 7. The van der Waals surface area contributed by atoms with Gasteiger partial charge in [-0.1, -0.05) is 25.2 Å². The molecule has 0 saturated carbocycles. The molecule has 8 nitrogen and oxygen atoms in total. The summed E-state index contributed by atoms with van der Waals surface area (Å²) >= 11 is 1.49. The van der Waals surface area contributed by atoms with Crippen molar-refractivity contribution in [2.75, 3.05) is 55.6 Å². The summed E-state index contributed by atoms with van der Waals surface area (Å²) in [6, 6.07) is 0. The minimum absolute atomic E-state index is 0.0784. The molecule has 1 aromatic heterocycles. The SMILES string of the molecule is CCCN(CCC)CCCNC(=O)C1CCN(c2nnc(N3CCCCC3=O)s2)CC1. The van der Waals surface area contributed by atoms with Crippen LogP contribution in [0.5, 0.6) is 0 Å². The average molecular weight is 451 g/mol. The van der Waals surface area contributed by atoms with Crippen LogP contribution < -0.4 is 15.1 Å². The molecule has 0 atom stereocenters. The van der Waals surface area contributed by atoms with Gasteiger partial charge in [-0.3, -0.25) is 14.5 Å². The molecule has 9 heteroatoms. The van der Waals surface area contributed by atoms with Gasteiger partial charge in [0.2, 0.25) is 22.1 Å². The van der Waals surface area contributed by atoms with Gasteiger partial charge >= 0.3 is 0 Å². The van der Waals surface area contributed by atoms with E-state index in [9.17, 15) is 9.59 Å². The van der Waals surface area contributed by atoms with E-state index in [1.807, 2.05) is 0 Å². The highest BCUT2D eigenvalue weighted by molar-refractivity contribution is 7.19. The van der Waals surface area contributed by atoms with E-state index < -0.39 is 0 Å². The maximum absolute atomic E-state index is 12.6. The number of anilines is 2. The summed E-state index contributed by atoms with van der Waals surface area (Å²) in [6.07, 6.45) is 7.62. The molecule has 1 N–H and O–H groups in total. The maximum atomic E-state index is 12.6. The summed E-state index contributed by atoms with van der Waals surface area (Å²) < 4.78 is 0. The number of aromatic nitrogens is 2. The second-order valence-corrected chi connectivity index (χ2v) is 9.55. The molecule has 3 rings (SSSR count). The molecule has 3 heterocycles. The zero-order valence-corrected chi connectivity index (χ0v) is 20.0. The van der Waals surface area contributed by atoms with Crippen LogP contribution in [0, 0.1) is 5.92 Å². The van der Waals surface area contributed by atoms with Gasteiger partial charge in [0.05, 0.1) is 0 Å². The first-order valence-corrected chi connectivity index (χ1v) is 12.8. The zero-order valence-electron chi connectivity index (χ0n) is 19.1. The summed E-state index contributed by atoms with van der Waals surface area (Å²) in [5, 5.41) is 13.3. The Kier molecular flexibility index (Phi) is 9.52. The van der Waals surface area contributed by atoms with Crippen molar-refractivity contribution in [2.45, 2.75) is 65.2 Å². The molecule has 31 heavy (non-hydrogen) atoms. The molecule has 174 valence electrons. The first-order valence-electron chi connectivity index (χ1n) is 12.0. The molecule has 0 spiro atoms. The molecular weight excluding hydrogens is 412 g/mol. The highest BCUT2D eigenvalue weighted by Crippen LogP contribution is 2.31. The summed E-state index contributed by atoms with van der Waals surface area (Å²) in [5.74, 6) is 0.417. The highest BCUT2D eigenvalue weighted by atomic mass is 32.1. The maximum Gasteiger partial charge on any atom is 0.228 e. The van der Waals surface area contributed by atoms with E-state index in [0.29, 0.717) is 11.6 Å². The van der Waals surface area contributed by atoms with E-state index in [1.54, 1.807) is 4.90 Å². The predicted molar refractivity (Wildman–Crippen MR) is 126 cm³/mol. The molecule has 1 aromatic rings. The number of carbonyl (C=O) groups is 2. The fourth-order valence-electron chi connectivity index (χ4n) is 4.41. The molecule has 0 unspecified atom stereocenters. The fraction of sp³-hybridized carbons (Fsp3) is 0.818. The second kappa shape index (κ2) is 12.3. The Hall–Kier alpha value is -1.74. The minimum Gasteiger partial charge on any atom is -0.356 e. The van der Waals surface area contributed by atoms with E-state index in [1.165, 1.54) is 24.2 Å². The molecule has 2 fully saturated rings. The summed E-state index contributed by atoms with van der Waals surface area (Å²) in [5.41, 5.74) is 0. The van der Waals surface area contributed by atoms with E-state index in [4.69, 9.17) is 0 Å². The van der Waals surface area contributed by atoms with Crippen LogP contribution in [0.4, 0.5) is 10.3 Å². The third-order valence-electron chi connectivity index (χ3n) is 6.12. The summed E-state index contributed by atoms with van der Waals surface area (Å²) in [6.45, 7) is 10.9. The van der Waals surface area contributed by atoms with Crippen LogP contribution >= 0.6 is 11.3 Å². The quantitative estimate of drug-likeness (QED) is 0.522. The van der Waals surface area contributed by atoms with Crippen molar-refractivity contribution in [1.29, 1.82) is 0 Å². The van der Waals surface area contributed by atoms with Crippen LogP contribution in [0.3, 0.4) is 0 Å². The molecule has 2 saturated heterocycles. The van der Waals surface area contributed by atoms with Crippen molar-refractivity contribution in [1.82, 2.24) is 20.4 Å². The summed E-state index contributed by atoms with van der Waals surface area (Å²) in [4.78, 5) is 31.1. The van der Waals surface area contributed by atoms with Crippen LogP contribution in [0.2, 0.25) is 0 Å². The Balaban J connectivity index is 1.38. The van der Waals surface area contributed by atoms with E-state index in [2.05, 4.69) is 39.2 Å². The lowest BCUT2D eigenvalue weighted by Crippen LogP contribution is -2.41. The molecular formula is C22H38N6O2S. The molecule has 0 radical (unpaired) electrons. The van der Waals surface area contributed by atoms with Gasteiger partial charge in [0.25, 0.3) is 0 Å². The molecule has 0 aliphatic carbocycles. The average Bonchev–Trinajstić information content (AvgIpc) is 3.27. The van der Waals surface area contributed by atoms with Gasteiger partial charge in [-0.2, -0.15) is 0 Å². The van der Waals surface area contributed by atoms with Crippen molar-refractivity contribution >= 4 is 33.4 Å². The van der Waals surface area contributed by atoms with Crippen LogP contribution in [0.25, 0.3) is 0 Å². The number of rotatable bonds is 11. The number of nitrogens with zero attached hydrogens (tertiary/aromatic N) is 5. The smallest absolute Gasteiger partial charge is 0.228 e. The van der Waals surface area contributed by atoms with E-state index >= 15 is 0 Å². The lowest BCUT2D eigenvalue weighted by Gasteiger charge is -2.30. The standard InChI is InChI=1S/C22H38N6O2S/c1-3-12-26(13-4-2)14-7-11-23-20(30)18-9-16-27(17-10-18)21-24-25-22(31-21)28-15-6-5-8-19(28)29/h18H,3-17H2,1-2H3,(H,23,30). The van der Waals surface area contributed by atoms with Crippen molar-refractivity contribution in [3.8, 4) is 0 Å². The van der Waals surface area contributed by atoms with Crippen LogP contribution in [0.1, 0.15) is 65.2 Å².